The molecule has 0 saturated carbocycles. The van der Waals surface area contributed by atoms with E-state index in [1.54, 1.807) is 26.1 Å². The zero-order valence-corrected chi connectivity index (χ0v) is 15.6. The van der Waals surface area contributed by atoms with Crippen LogP contribution in [-0.2, 0) is 12.1 Å². The number of allylic oxidation sites excluding steroid dienone is 1. The van der Waals surface area contributed by atoms with E-state index in [0.717, 1.165) is 28.8 Å². The maximum absolute atomic E-state index is 14.2. The third-order valence-electron chi connectivity index (χ3n) is 4.57. The molecule has 0 fully saturated rings. The summed E-state index contributed by atoms with van der Waals surface area (Å²) in [6.07, 6.45) is 2.49. The first-order valence-electron chi connectivity index (χ1n) is 8.82. The van der Waals surface area contributed by atoms with Crippen LogP contribution in [0.4, 0.5) is 4.39 Å². The first kappa shape index (κ1) is 18.1. The normalized spacial score (nSPS) is 11.4. The van der Waals surface area contributed by atoms with Gasteiger partial charge in [-0.2, -0.15) is 0 Å². The summed E-state index contributed by atoms with van der Waals surface area (Å²) < 4.78 is 14.2. The van der Waals surface area contributed by atoms with Gasteiger partial charge in [0, 0.05) is 11.8 Å². The van der Waals surface area contributed by atoms with Gasteiger partial charge < -0.3 is 0 Å². The maximum Gasteiger partial charge on any atom is 0.130 e. The molecule has 3 rings (SSSR count). The van der Waals surface area contributed by atoms with E-state index in [-0.39, 0.29) is 0 Å². The van der Waals surface area contributed by atoms with Crippen molar-refractivity contribution in [3.8, 4) is 11.3 Å². The van der Waals surface area contributed by atoms with Crippen molar-refractivity contribution in [2.45, 2.75) is 32.9 Å². The van der Waals surface area contributed by atoms with Crippen LogP contribution in [-0.4, -0.2) is 4.98 Å². The van der Waals surface area contributed by atoms with Crippen molar-refractivity contribution >= 4 is 5.57 Å². The van der Waals surface area contributed by atoms with Gasteiger partial charge in [-0.15, -0.1) is 0 Å². The number of hydrogen-bond donors (Lipinski definition) is 0. The lowest BCUT2D eigenvalue weighted by Crippen LogP contribution is -2.09. The van der Waals surface area contributed by atoms with Gasteiger partial charge in [-0.1, -0.05) is 60.7 Å². The van der Waals surface area contributed by atoms with Gasteiger partial charge >= 0.3 is 0 Å². The molecule has 0 spiro atoms. The van der Waals surface area contributed by atoms with Crippen LogP contribution in [0, 0.1) is 6.92 Å². The molecule has 0 unspecified atom stereocenters. The van der Waals surface area contributed by atoms with Crippen LogP contribution >= 0.6 is 0 Å². The Labute approximate surface area is 155 Å². The Morgan fingerprint density at radius 2 is 1.65 bits per heavy atom. The Morgan fingerprint density at radius 3 is 2.27 bits per heavy atom. The molecule has 0 radical (unpaired) electrons. The number of alkyl halides is 1. The van der Waals surface area contributed by atoms with E-state index in [0.29, 0.717) is 5.56 Å². The topological polar surface area (TPSA) is 12.9 Å². The Hall–Kier alpha value is -2.74. The summed E-state index contributed by atoms with van der Waals surface area (Å²) in [5, 5.41) is 0. The standard InChI is InChI=1S/C24H24FN/c1-17-5-7-19(8-6-17)15-18(2)20-9-11-21(12-10-20)23-16-22(13-14-26-23)24(3,4)25/h5-14,16H,2,15H2,1,3-4H3. The summed E-state index contributed by atoms with van der Waals surface area (Å²) in [4.78, 5) is 4.38. The highest BCUT2D eigenvalue weighted by Gasteiger charge is 2.19. The molecule has 0 bridgehead atoms. The molecule has 1 aromatic heterocycles. The molecule has 26 heavy (non-hydrogen) atoms. The Balaban J connectivity index is 1.78. The molecule has 0 aliphatic rings. The zero-order valence-electron chi connectivity index (χ0n) is 15.6. The lowest BCUT2D eigenvalue weighted by molar-refractivity contribution is 0.221. The van der Waals surface area contributed by atoms with Crippen molar-refractivity contribution in [1.29, 1.82) is 0 Å². The lowest BCUT2D eigenvalue weighted by Gasteiger charge is -2.15. The van der Waals surface area contributed by atoms with Crippen molar-refractivity contribution in [3.05, 3.63) is 95.7 Å². The summed E-state index contributed by atoms with van der Waals surface area (Å²) in [5.74, 6) is 0. The molecule has 3 aromatic rings. The Bertz CT molecular complexity index is 900. The Kier molecular flexibility index (Phi) is 5.03. The monoisotopic (exact) mass is 345 g/mol. The fourth-order valence-corrected chi connectivity index (χ4v) is 2.89. The van der Waals surface area contributed by atoms with Crippen molar-refractivity contribution in [2.24, 2.45) is 0 Å². The molecule has 132 valence electrons. The van der Waals surface area contributed by atoms with E-state index in [2.05, 4.69) is 54.9 Å². The average molecular weight is 345 g/mol. The number of nitrogens with zero attached hydrogens (tertiary/aromatic N) is 1. The number of halogens is 1. The van der Waals surface area contributed by atoms with Crippen LogP contribution in [0.1, 0.15) is 36.1 Å². The minimum atomic E-state index is -1.38. The maximum atomic E-state index is 14.2. The summed E-state index contributed by atoms with van der Waals surface area (Å²) in [7, 11) is 0. The molecule has 1 nitrogen and oxygen atoms in total. The number of hydrogen-bond acceptors (Lipinski definition) is 1. The van der Waals surface area contributed by atoms with Crippen molar-refractivity contribution in [1.82, 2.24) is 4.98 Å². The SMILES string of the molecule is C=C(Cc1ccc(C)cc1)c1ccc(-c2cc(C(C)(C)F)ccn2)cc1. The van der Waals surface area contributed by atoms with Gasteiger partial charge in [-0.05, 0) is 61.6 Å². The first-order chi connectivity index (χ1) is 12.3. The van der Waals surface area contributed by atoms with Crippen molar-refractivity contribution < 1.29 is 4.39 Å². The molecule has 0 atom stereocenters. The zero-order chi connectivity index (χ0) is 18.7. The second-order valence-electron chi connectivity index (χ2n) is 7.25. The van der Waals surface area contributed by atoms with Crippen LogP contribution in [0.5, 0.6) is 0 Å². The van der Waals surface area contributed by atoms with Gasteiger partial charge in [-0.3, -0.25) is 4.98 Å². The molecular weight excluding hydrogens is 321 g/mol. The minimum Gasteiger partial charge on any atom is -0.256 e. The van der Waals surface area contributed by atoms with Crippen LogP contribution in [0.15, 0.2) is 73.4 Å². The summed E-state index contributed by atoms with van der Waals surface area (Å²) in [6.45, 7) is 9.43. The summed E-state index contributed by atoms with van der Waals surface area (Å²) >= 11 is 0. The van der Waals surface area contributed by atoms with E-state index in [1.807, 2.05) is 18.2 Å². The number of pyridine rings is 1. The van der Waals surface area contributed by atoms with Gasteiger partial charge in [0.1, 0.15) is 5.67 Å². The fourth-order valence-electron chi connectivity index (χ4n) is 2.89. The largest absolute Gasteiger partial charge is 0.256 e. The third-order valence-corrected chi connectivity index (χ3v) is 4.57. The number of benzene rings is 2. The van der Waals surface area contributed by atoms with Crippen molar-refractivity contribution in [3.63, 3.8) is 0 Å². The van der Waals surface area contributed by atoms with Gasteiger partial charge in [0.2, 0.25) is 0 Å². The van der Waals surface area contributed by atoms with Gasteiger partial charge in [0.15, 0.2) is 0 Å². The summed E-state index contributed by atoms with van der Waals surface area (Å²) in [5.41, 5.74) is 5.71. The highest BCUT2D eigenvalue weighted by atomic mass is 19.1. The van der Waals surface area contributed by atoms with E-state index in [9.17, 15) is 4.39 Å². The predicted molar refractivity (Wildman–Crippen MR) is 108 cm³/mol. The van der Waals surface area contributed by atoms with E-state index in [4.69, 9.17) is 0 Å². The van der Waals surface area contributed by atoms with E-state index >= 15 is 0 Å². The molecule has 0 aliphatic heterocycles. The highest BCUT2D eigenvalue weighted by Crippen LogP contribution is 2.28. The molecular formula is C24H24FN. The van der Waals surface area contributed by atoms with Crippen LogP contribution in [0.3, 0.4) is 0 Å². The lowest BCUT2D eigenvalue weighted by atomic mass is 9.96. The highest BCUT2D eigenvalue weighted by molar-refractivity contribution is 5.69. The number of rotatable bonds is 5. The molecule has 0 amide bonds. The molecule has 2 heteroatoms. The van der Waals surface area contributed by atoms with Crippen molar-refractivity contribution in [2.75, 3.05) is 0 Å². The number of aromatic nitrogens is 1. The minimum absolute atomic E-state index is 0.635. The second-order valence-corrected chi connectivity index (χ2v) is 7.25. The van der Waals surface area contributed by atoms with E-state index < -0.39 is 5.67 Å². The van der Waals surface area contributed by atoms with Crippen LogP contribution < -0.4 is 0 Å². The molecule has 0 saturated heterocycles. The first-order valence-corrected chi connectivity index (χ1v) is 8.82. The quantitative estimate of drug-likeness (QED) is 0.513. The van der Waals surface area contributed by atoms with Gasteiger partial charge in [0.05, 0.1) is 5.69 Å². The second kappa shape index (κ2) is 7.25. The number of aryl methyl sites for hydroxylation is 1. The smallest absolute Gasteiger partial charge is 0.130 e. The fraction of sp³-hybridized carbons (Fsp3) is 0.208. The van der Waals surface area contributed by atoms with Crippen LogP contribution in [0.2, 0.25) is 0 Å². The van der Waals surface area contributed by atoms with Gasteiger partial charge in [-0.25, -0.2) is 4.39 Å². The summed E-state index contributed by atoms with van der Waals surface area (Å²) in [6, 6.07) is 20.2. The van der Waals surface area contributed by atoms with Gasteiger partial charge in [0.25, 0.3) is 0 Å². The van der Waals surface area contributed by atoms with E-state index in [1.165, 1.54) is 11.1 Å². The predicted octanol–water partition coefficient (Wildman–Crippen LogP) is 6.52. The molecule has 0 N–H and O–H groups in total. The molecule has 0 aliphatic carbocycles. The average Bonchev–Trinajstić information content (AvgIpc) is 2.63. The molecule has 2 aromatic carbocycles. The Morgan fingerprint density at radius 1 is 1.00 bits per heavy atom. The molecule has 1 heterocycles. The van der Waals surface area contributed by atoms with Crippen LogP contribution in [0.25, 0.3) is 16.8 Å². The third kappa shape index (κ3) is 4.26.